The molecule has 1 aliphatic rings. The highest BCUT2D eigenvalue weighted by Gasteiger charge is 2.35. The summed E-state index contributed by atoms with van der Waals surface area (Å²) in [6.07, 6.45) is 5.48. The van der Waals surface area contributed by atoms with E-state index in [2.05, 4.69) is 43.4 Å². The van der Waals surface area contributed by atoms with Crippen LogP contribution in [0.25, 0.3) is 0 Å². The Balaban J connectivity index is 2.28. The smallest absolute Gasteiger partial charge is 0.00804 e. The maximum absolute atomic E-state index is 3.56. The molecular formula is C15H23N. The molecule has 88 valence electrons. The van der Waals surface area contributed by atoms with Gasteiger partial charge in [0, 0.05) is 12.0 Å². The van der Waals surface area contributed by atoms with E-state index >= 15 is 0 Å². The molecule has 0 heterocycles. The first kappa shape index (κ1) is 11.7. The fraction of sp³-hybridized carbons (Fsp3) is 0.600. The van der Waals surface area contributed by atoms with E-state index < -0.39 is 0 Å². The Hall–Kier alpha value is -0.820. The van der Waals surface area contributed by atoms with Crippen molar-refractivity contribution in [2.24, 2.45) is 0 Å². The lowest BCUT2D eigenvalue weighted by molar-refractivity contribution is 0.408. The molecule has 0 atom stereocenters. The molecule has 2 rings (SSSR count). The fourth-order valence-corrected chi connectivity index (χ4v) is 3.13. The summed E-state index contributed by atoms with van der Waals surface area (Å²) in [4.78, 5) is 0. The van der Waals surface area contributed by atoms with Crippen molar-refractivity contribution in [1.29, 1.82) is 0 Å². The third kappa shape index (κ3) is 2.15. The average Bonchev–Trinajstić information content (AvgIpc) is 2.77. The van der Waals surface area contributed by atoms with E-state index in [0.29, 0.717) is 5.41 Å². The van der Waals surface area contributed by atoms with Crippen LogP contribution in [0.1, 0.15) is 43.7 Å². The molecule has 1 heteroatoms. The maximum Gasteiger partial charge on any atom is 0.00804 e. The van der Waals surface area contributed by atoms with Crippen LogP contribution in [-0.2, 0) is 5.41 Å². The third-order valence-corrected chi connectivity index (χ3v) is 3.99. The first-order valence-corrected chi connectivity index (χ1v) is 6.55. The predicted octanol–water partition coefficient (Wildman–Crippen LogP) is 3.42. The van der Waals surface area contributed by atoms with Crippen molar-refractivity contribution in [2.45, 2.75) is 44.9 Å². The first-order valence-electron chi connectivity index (χ1n) is 6.55. The Morgan fingerprint density at radius 1 is 1.19 bits per heavy atom. The number of benzene rings is 1. The lowest BCUT2D eigenvalue weighted by Crippen LogP contribution is -2.36. The van der Waals surface area contributed by atoms with Crippen molar-refractivity contribution in [3.63, 3.8) is 0 Å². The van der Waals surface area contributed by atoms with Crippen LogP contribution in [0.2, 0.25) is 0 Å². The molecule has 1 fully saturated rings. The molecule has 16 heavy (non-hydrogen) atoms. The zero-order chi connectivity index (χ0) is 11.4. The van der Waals surface area contributed by atoms with Crippen LogP contribution >= 0.6 is 0 Å². The lowest BCUT2D eigenvalue weighted by Gasteiger charge is -2.31. The van der Waals surface area contributed by atoms with Crippen LogP contribution in [0.5, 0.6) is 0 Å². The Kier molecular flexibility index (Phi) is 3.65. The summed E-state index contributed by atoms with van der Waals surface area (Å²) in [7, 11) is 0. The highest BCUT2D eigenvalue weighted by molar-refractivity contribution is 5.34. The normalized spacial score (nSPS) is 18.9. The summed E-state index contributed by atoms with van der Waals surface area (Å²) < 4.78 is 0. The van der Waals surface area contributed by atoms with E-state index in [1.54, 1.807) is 5.56 Å². The second-order valence-electron chi connectivity index (χ2n) is 5.08. The molecule has 0 saturated heterocycles. The SMILES string of the molecule is CCNCC1(c2ccccc2C)CCCC1. The van der Waals surface area contributed by atoms with Gasteiger partial charge in [0.25, 0.3) is 0 Å². The van der Waals surface area contributed by atoms with E-state index in [4.69, 9.17) is 0 Å². The van der Waals surface area contributed by atoms with Crippen molar-refractivity contribution in [3.05, 3.63) is 35.4 Å². The number of aryl methyl sites for hydroxylation is 1. The van der Waals surface area contributed by atoms with E-state index in [1.807, 2.05) is 0 Å². The Morgan fingerprint density at radius 2 is 1.88 bits per heavy atom. The highest BCUT2D eigenvalue weighted by Crippen LogP contribution is 2.41. The summed E-state index contributed by atoms with van der Waals surface area (Å²) in [6, 6.07) is 8.92. The van der Waals surface area contributed by atoms with Gasteiger partial charge >= 0.3 is 0 Å². The van der Waals surface area contributed by atoms with Gasteiger partial charge in [0.1, 0.15) is 0 Å². The summed E-state index contributed by atoms with van der Waals surface area (Å²) in [5.74, 6) is 0. The number of hydrogen-bond acceptors (Lipinski definition) is 1. The standard InChI is InChI=1S/C15H23N/c1-3-16-12-15(10-6-7-11-15)14-9-5-4-8-13(14)2/h4-5,8-9,16H,3,6-7,10-12H2,1-2H3. The summed E-state index contributed by atoms with van der Waals surface area (Å²) in [5.41, 5.74) is 3.46. The molecule has 0 unspecified atom stereocenters. The zero-order valence-corrected chi connectivity index (χ0v) is 10.6. The van der Waals surface area contributed by atoms with Crippen LogP contribution in [0.4, 0.5) is 0 Å². The molecule has 1 N–H and O–H groups in total. The molecule has 1 nitrogen and oxygen atoms in total. The van der Waals surface area contributed by atoms with Gasteiger partial charge in [-0.05, 0) is 37.4 Å². The van der Waals surface area contributed by atoms with Gasteiger partial charge in [-0.1, -0.05) is 44.0 Å². The third-order valence-electron chi connectivity index (χ3n) is 3.99. The van der Waals surface area contributed by atoms with E-state index in [1.165, 1.54) is 31.2 Å². The minimum atomic E-state index is 0.418. The van der Waals surface area contributed by atoms with Gasteiger partial charge in [0.05, 0.1) is 0 Å². The second kappa shape index (κ2) is 5.01. The number of rotatable bonds is 4. The number of hydrogen-bond donors (Lipinski definition) is 1. The topological polar surface area (TPSA) is 12.0 Å². The van der Waals surface area contributed by atoms with Gasteiger partial charge in [-0.15, -0.1) is 0 Å². The van der Waals surface area contributed by atoms with Crippen molar-refractivity contribution in [3.8, 4) is 0 Å². The van der Waals surface area contributed by atoms with Crippen LogP contribution in [-0.4, -0.2) is 13.1 Å². The van der Waals surface area contributed by atoms with Crippen molar-refractivity contribution >= 4 is 0 Å². The van der Waals surface area contributed by atoms with Crippen molar-refractivity contribution < 1.29 is 0 Å². The molecule has 0 amide bonds. The largest absolute Gasteiger partial charge is 0.316 e. The van der Waals surface area contributed by atoms with Crippen LogP contribution in [0, 0.1) is 6.92 Å². The van der Waals surface area contributed by atoms with Gasteiger partial charge < -0.3 is 5.32 Å². The number of likely N-dealkylation sites (N-methyl/N-ethyl adjacent to an activating group) is 1. The molecule has 0 aliphatic heterocycles. The first-order chi connectivity index (χ1) is 7.78. The fourth-order valence-electron chi connectivity index (χ4n) is 3.13. The minimum Gasteiger partial charge on any atom is -0.316 e. The Labute approximate surface area is 99.3 Å². The Bertz CT molecular complexity index is 337. The molecule has 1 aliphatic carbocycles. The van der Waals surface area contributed by atoms with Gasteiger partial charge in [-0.2, -0.15) is 0 Å². The van der Waals surface area contributed by atoms with E-state index in [0.717, 1.165) is 13.1 Å². The van der Waals surface area contributed by atoms with Crippen LogP contribution in [0.3, 0.4) is 0 Å². The van der Waals surface area contributed by atoms with Gasteiger partial charge in [-0.3, -0.25) is 0 Å². The molecule has 0 radical (unpaired) electrons. The summed E-state index contributed by atoms with van der Waals surface area (Å²) >= 11 is 0. The molecule has 0 spiro atoms. The minimum absolute atomic E-state index is 0.418. The van der Waals surface area contributed by atoms with E-state index in [9.17, 15) is 0 Å². The highest BCUT2D eigenvalue weighted by atomic mass is 14.9. The molecule has 0 bridgehead atoms. The molecule has 1 aromatic rings. The molecule has 1 saturated carbocycles. The van der Waals surface area contributed by atoms with E-state index in [-0.39, 0.29) is 0 Å². The lowest BCUT2D eigenvalue weighted by atomic mass is 9.77. The van der Waals surface area contributed by atoms with Gasteiger partial charge in [0.2, 0.25) is 0 Å². The van der Waals surface area contributed by atoms with Crippen molar-refractivity contribution in [1.82, 2.24) is 5.32 Å². The summed E-state index contributed by atoms with van der Waals surface area (Å²) in [5, 5.41) is 3.56. The zero-order valence-electron chi connectivity index (χ0n) is 10.6. The summed E-state index contributed by atoms with van der Waals surface area (Å²) in [6.45, 7) is 6.67. The molecular weight excluding hydrogens is 194 g/mol. The maximum atomic E-state index is 3.56. The Morgan fingerprint density at radius 3 is 2.50 bits per heavy atom. The molecule has 0 aromatic heterocycles. The van der Waals surface area contributed by atoms with Gasteiger partial charge in [0.15, 0.2) is 0 Å². The quantitative estimate of drug-likeness (QED) is 0.815. The second-order valence-corrected chi connectivity index (χ2v) is 5.08. The van der Waals surface area contributed by atoms with Crippen LogP contribution in [0.15, 0.2) is 24.3 Å². The predicted molar refractivity (Wildman–Crippen MR) is 69.9 cm³/mol. The number of nitrogens with one attached hydrogen (secondary N) is 1. The molecule has 1 aromatic carbocycles. The average molecular weight is 217 g/mol. The van der Waals surface area contributed by atoms with Crippen molar-refractivity contribution in [2.75, 3.05) is 13.1 Å². The van der Waals surface area contributed by atoms with Gasteiger partial charge in [-0.25, -0.2) is 0 Å². The monoisotopic (exact) mass is 217 g/mol. The van der Waals surface area contributed by atoms with Crippen LogP contribution < -0.4 is 5.32 Å².